The smallest absolute Gasteiger partial charge is 0.302 e. The first-order chi connectivity index (χ1) is 17.2. The molecule has 3 atom stereocenters. The van der Waals surface area contributed by atoms with Crippen molar-refractivity contribution < 1.29 is 19.1 Å². The molecular formula is C32H59O4P. The van der Waals surface area contributed by atoms with E-state index in [2.05, 4.69) is 55.1 Å². The van der Waals surface area contributed by atoms with Crippen LogP contribution in [-0.4, -0.2) is 37.0 Å². The van der Waals surface area contributed by atoms with Crippen LogP contribution in [0.15, 0.2) is 36.4 Å². The minimum atomic E-state index is -0.170. The van der Waals surface area contributed by atoms with Gasteiger partial charge in [-0.05, 0) is 54.8 Å². The lowest BCUT2D eigenvalue weighted by atomic mass is 9.88. The summed E-state index contributed by atoms with van der Waals surface area (Å²) in [5.74, 6) is 0.986. The van der Waals surface area contributed by atoms with Gasteiger partial charge in [-0.25, -0.2) is 0 Å². The molecule has 5 heteroatoms. The summed E-state index contributed by atoms with van der Waals surface area (Å²) in [4.78, 5) is 21.1. The van der Waals surface area contributed by atoms with E-state index in [0.717, 1.165) is 21.4 Å². The Bertz CT molecular complexity index is 640. The molecule has 0 aliphatic rings. The molecule has 4 nitrogen and oxygen atoms in total. The molecule has 0 radical (unpaired) electrons. The minimum Gasteiger partial charge on any atom is -0.466 e. The monoisotopic (exact) mass is 538 g/mol. The fourth-order valence-corrected chi connectivity index (χ4v) is 3.91. The van der Waals surface area contributed by atoms with Gasteiger partial charge >= 0.3 is 11.9 Å². The zero-order valence-electron chi connectivity index (χ0n) is 25.8. The summed E-state index contributed by atoms with van der Waals surface area (Å²) in [6, 6.07) is 12.0. The van der Waals surface area contributed by atoms with Gasteiger partial charge in [0.25, 0.3) is 0 Å². The predicted molar refractivity (Wildman–Crippen MR) is 163 cm³/mol. The van der Waals surface area contributed by atoms with Crippen LogP contribution in [0.3, 0.4) is 0 Å². The Morgan fingerprint density at radius 2 is 1.03 bits per heavy atom. The molecule has 0 saturated heterocycles. The second kappa shape index (κ2) is 22.6. The van der Waals surface area contributed by atoms with E-state index in [9.17, 15) is 9.59 Å². The first kappa shape index (κ1) is 37.7. The molecule has 0 saturated carbocycles. The molecule has 0 amide bonds. The molecule has 3 unspecified atom stereocenters. The summed E-state index contributed by atoms with van der Waals surface area (Å²) >= 11 is 0. The van der Waals surface area contributed by atoms with Crippen molar-refractivity contribution in [3.8, 4) is 0 Å². The van der Waals surface area contributed by atoms with Gasteiger partial charge in [0.1, 0.15) is 0 Å². The highest BCUT2D eigenvalue weighted by molar-refractivity contribution is 7.38. The van der Waals surface area contributed by atoms with E-state index in [-0.39, 0.29) is 11.9 Å². The van der Waals surface area contributed by atoms with Gasteiger partial charge in [-0.15, -0.1) is 8.58 Å². The molecule has 0 aliphatic heterocycles. The van der Waals surface area contributed by atoms with Gasteiger partial charge in [0.2, 0.25) is 0 Å². The molecule has 1 aromatic carbocycles. The first-order valence-electron chi connectivity index (χ1n) is 14.1. The third-order valence-corrected chi connectivity index (χ3v) is 7.90. The number of rotatable bonds is 14. The molecule has 0 spiro atoms. The van der Waals surface area contributed by atoms with Gasteiger partial charge < -0.3 is 9.47 Å². The van der Waals surface area contributed by atoms with Crippen molar-refractivity contribution in [2.75, 3.05) is 19.9 Å². The summed E-state index contributed by atoms with van der Waals surface area (Å²) < 4.78 is 9.86. The molecule has 0 aromatic heterocycles. The number of hydrogen-bond acceptors (Lipinski definition) is 4. The van der Waals surface area contributed by atoms with Crippen LogP contribution in [0.5, 0.6) is 0 Å². The third-order valence-electron chi connectivity index (χ3n) is 6.30. The zero-order valence-corrected chi connectivity index (χ0v) is 26.8. The topological polar surface area (TPSA) is 52.6 Å². The molecule has 0 bridgehead atoms. The van der Waals surface area contributed by atoms with Crippen molar-refractivity contribution in [3.63, 3.8) is 0 Å². The SMILES string of the molecule is CC(=O)OCCC(C)CCCC(C)(C)C.CPC(C)(C)CCCC(C)CCOC(C)=O.c1ccccc1. The molecule has 216 valence electrons. The number of ether oxygens (including phenoxy) is 2. The Morgan fingerprint density at radius 1 is 0.676 bits per heavy atom. The molecule has 0 aliphatic carbocycles. The number of hydrogen-bond donors (Lipinski definition) is 0. The Kier molecular flexibility index (Phi) is 23.0. The van der Waals surface area contributed by atoms with Gasteiger partial charge in [-0.1, -0.05) is 111 Å². The molecular weight excluding hydrogens is 479 g/mol. The van der Waals surface area contributed by atoms with Crippen molar-refractivity contribution in [2.24, 2.45) is 17.3 Å². The van der Waals surface area contributed by atoms with Crippen LogP contribution >= 0.6 is 8.58 Å². The second-order valence-corrected chi connectivity index (χ2v) is 14.0. The normalized spacial score (nSPS) is 13.0. The van der Waals surface area contributed by atoms with Crippen molar-refractivity contribution in [1.82, 2.24) is 0 Å². The molecule has 37 heavy (non-hydrogen) atoms. The number of carbonyl (C=O) groups excluding carboxylic acids is 2. The Labute approximate surface area is 231 Å². The minimum absolute atomic E-state index is 0.166. The number of esters is 2. The zero-order chi connectivity index (χ0) is 28.7. The van der Waals surface area contributed by atoms with Crippen molar-refractivity contribution in [3.05, 3.63) is 36.4 Å². The summed E-state index contributed by atoms with van der Waals surface area (Å²) in [7, 11) is 1.02. The highest BCUT2D eigenvalue weighted by Gasteiger charge is 2.15. The Hall–Kier alpha value is -1.41. The Morgan fingerprint density at radius 3 is 1.32 bits per heavy atom. The maximum absolute atomic E-state index is 10.6. The predicted octanol–water partition coefficient (Wildman–Crippen LogP) is 9.31. The van der Waals surface area contributed by atoms with Crippen LogP contribution in [0.2, 0.25) is 0 Å². The average Bonchev–Trinajstić information content (AvgIpc) is 2.79. The van der Waals surface area contributed by atoms with E-state index in [0.29, 0.717) is 35.6 Å². The van der Waals surface area contributed by atoms with E-state index >= 15 is 0 Å². The largest absolute Gasteiger partial charge is 0.466 e. The van der Waals surface area contributed by atoms with Gasteiger partial charge in [-0.3, -0.25) is 9.59 Å². The Balaban J connectivity index is 0. The number of carbonyl (C=O) groups is 2. The fourth-order valence-electron chi connectivity index (χ4n) is 3.48. The lowest BCUT2D eigenvalue weighted by Crippen LogP contribution is -2.12. The van der Waals surface area contributed by atoms with Gasteiger partial charge in [0.15, 0.2) is 0 Å². The van der Waals surface area contributed by atoms with Crippen LogP contribution in [-0.2, 0) is 19.1 Å². The molecule has 0 N–H and O–H groups in total. The highest BCUT2D eigenvalue weighted by Crippen LogP contribution is 2.33. The van der Waals surface area contributed by atoms with Gasteiger partial charge in [0.05, 0.1) is 13.2 Å². The van der Waals surface area contributed by atoms with Crippen LogP contribution in [0.25, 0.3) is 0 Å². The van der Waals surface area contributed by atoms with E-state index in [1.165, 1.54) is 52.4 Å². The summed E-state index contributed by atoms with van der Waals surface area (Å²) in [5, 5.41) is 0.510. The van der Waals surface area contributed by atoms with E-state index < -0.39 is 0 Å². The number of benzene rings is 1. The summed E-state index contributed by atoms with van der Waals surface area (Å²) in [6.45, 7) is 22.3. The van der Waals surface area contributed by atoms with E-state index in [1.54, 1.807) is 0 Å². The van der Waals surface area contributed by atoms with Crippen LogP contribution in [0, 0.1) is 17.3 Å². The molecule has 0 fully saturated rings. The maximum Gasteiger partial charge on any atom is 0.302 e. The lowest BCUT2D eigenvalue weighted by molar-refractivity contribution is -0.142. The van der Waals surface area contributed by atoms with E-state index in [1.807, 2.05) is 36.4 Å². The second-order valence-electron chi connectivity index (χ2n) is 12.1. The van der Waals surface area contributed by atoms with Crippen molar-refractivity contribution >= 4 is 20.5 Å². The standard InChI is InChI=1S/C13H27O2P.C13H26O2.C6H6/c1-11(8-10-15-12(2)14)7-6-9-13(3,4)16-5;1-11(8-10-15-12(2)14)7-6-9-13(3,4)5;1-2-4-6-5-3-1/h11,16H,6-10H2,1-5H3;11H,6-10H2,1-5H3;1-6H. The van der Waals surface area contributed by atoms with Crippen LogP contribution < -0.4 is 0 Å². The van der Waals surface area contributed by atoms with Crippen molar-refractivity contribution in [1.29, 1.82) is 0 Å². The quantitative estimate of drug-likeness (QED) is 0.175. The average molecular weight is 539 g/mol. The third kappa shape index (κ3) is 32.6. The highest BCUT2D eigenvalue weighted by atomic mass is 31.1. The van der Waals surface area contributed by atoms with Crippen LogP contribution in [0.4, 0.5) is 0 Å². The first-order valence-corrected chi connectivity index (χ1v) is 15.6. The van der Waals surface area contributed by atoms with Crippen molar-refractivity contribution in [2.45, 2.75) is 119 Å². The summed E-state index contributed by atoms with van der Waals surface area (Å²) in [6.07, 6.45) is 9.59. The van der Waals surface area contributed by atoms with E-state index in [4.69, 9.17) is 9.47 Å². The maximum atomic E-state index is 10.6. The lowest BCUT2D eigenvalue weighted by Gasteiger charge is -2.23. The fraction of sp³-hybridized carbons (Fsp3) is 0.750. The van der Waals surface area contributed by atoms with Gasteiger partial charge in [0, 0.05) is 13.8 Å². The van der Waals surface area contributed by atoms with Gasteiger partial charge in [-0.2, -0.15) is 0 Å². The van der Waals surface area contributed by atoms with Crippen LogP contribution in [0.1, 0.15) is 114 Å². The molecule has 1 aromatic rings. The molecule has 0 heterocycles. The molecule has 1 rings (SSSR count). The summed E-state index contributed by atoms with van der Waals surface area (Å²) in [5.41, 5.74) is 0.440.